The molecule has 0 aliphatic rings. The fraction of sp³-hybridized carbons (Fsp3) is 0.533. The molecule has 1 unspecified atom stereocenters. The zero-order valence-electron chi connectivity index (χ0n) is 11.8. The Morgan fingerprint density at radius 3 is 2.61 bits per heavy atom. The first kappa shape index (κ1) is 13.4. The zero-order chi connectivity index (χ0) is 13.5. The van der Waals surface area contributed by atoms with Gasteiger partial charge in [-0.25, -0.2) is 4.98 Å². The van der Waals surface area contributed by atoms with Gasteiger partial charge in [0.25, 0.3) is 0 Å². The van der Waals surface area contributed by atoms with Crippen LogP contribution in [0.3, 0.4) is 0 Å². The summed E-state index contributed by atoms with van der Waals surface area (Å²) < 4.78 is 2.30. The normalized spacial score (nSPS) is 14.1. The van der Waals surface area contributed by atoms with Crippen LogP contribution in [0.2, 0.25) is 0 Å². The predicted octanol–water partition coefficient (Wildman–Crippen LogP) is 4.79. The maximum absolute atomic E-state index is 6.30. The molecule has 98 valence electrons. The average molecular weight is 265 g/mol. The summed E-state index contributed by atoms with van der Waals surface area (Å²) in [5.41, 5.74) is 3.50. The van der Waals surface area contributed by atoms with Crippen LogP contribution in [0, 0.1) is 6.92 Å². The molecule has 1 heterocycles. The van der Waals surface area contributed by atoms with Crippen LogP contribution in [-0.2, 0) is 5.54 Å². The van der Waals surface area contributed by atoms with Crippen LogP contribution in [0.15, 0.2) is 18.2 Å². The predicted molar refractivity (Wildman–Crippen MR) is 78.4 cm³/mol. The first-order valence-corrected chi connectivity index (χ1v) is 6.94. The number of nitrogens with zero attached hydrogens (tertiary/aromatic N) is 2. The Balaban J connectivity index is 2.81. The minimum Gasteiger partial charge on any atom is -0.321 e. The number of aromatic nitrogens is 2. The van der Waals surface area contributed by atoms with E-state index in [4.69, 9.17) is 16.6 Å². The molecule has 2 aromatic rings. The lowest BCUT2D eigenvalue weighted by molar-refractivity contribution is 0.341. The van der Waals surface area contributed by atoms with Gasteiger partial charge in [-0.3, -0.25) is 0 Å². The monoisotopic (exact) mass is 264 g/mol. The summed E-state index contributed by atoms with van der Waals surface area (Å²) in [4.78, 5) is 4.70. The molecule has 18 heavy (non-hydrogen) atoms. The van der Waals surface area contributed by atoms with Gasteiger partial charge in [0.1, 0.15) is 5.82 Å². The molecule has 0 spiro atoms. The van der Waals surface area contributed by atoms with Crippen molar-refractivity contribution in [3.8, 4) is 0 Å². The molecule has 0 N–H and O–H groups in total. The zero-order valence-corrected chi connectivity index (χ0v) is 12.5. The molecule has 1 aromatic heterocycles. The summed E-state index contributed by atoms with van der Waals surface area (Å²) in [5.74, 6) is 0.962. The van der Waals surface area contributed by atoms with E-state index in [-0.39, 0.29) is 10.9 Å². The second-order valence-corrected chi connectivity index (χ2v) is 6.23. The maximum atomic E-state index is 6.30. The number of aryl methyl sites for hydroxylation is 1. The van der Waals surface area contributed by atoms with E-state index in [0.29, 0.717) is 0 Å². The highest BCUT2D eigenvalue weighted by Crippen LogP contribution is 2.32. The Kier molecular flexibility index (Phi) is 3.41. The van der Waals surface area contributed by atoms with Crippen molar-refractivity contribution in [1.82, 2.24) is 9.55 Å². The van der Waals surface area contributed by atoms with Crippen LogP contribution in [0.25, 0.3) is 11.0 Å². The summed E-state index contributed by atoms with van der Waals surface area (Å²) in [7, 11) is 0. The van der Waals surface area contributed by atoms with Crippen molar-refractivity contribution in [3.05, 3.63) is 29.6 Å². The Labute approximate surface area is 114 Å². The Bertz CT molecular complexity index is 567. The van der Waals surface area contributed by atoms with Gasteiger partial charge in [-0.15, -0.1) is 11.6 Å². The van der Waals surface area contributed by atoms with Crippen molar-refractivity contribution in [2.75, 3.05) is 0 Å². The van der Waals surface area contributed by atoms with Gasteiger partial charge in [-0.2, -0.15) is 0 Å². The summed E-state index contributed by atoms with van der Waals surface area (Å²) >= 11 is 6.30. The summed E-state index contributed by atoms with van der Waals surface area (Å²) in [6, 6.07) is 6.37. The number of rotatable bonds is 3. The van der Waals surface area contributed by atoms with Gasteiger partial charge < -0.3 is 4.57 Å². The van der Waals surface area contributed by atoms with Gasteiger partial charge in [0, 0.05) is 5.54 Å². The third-order valence-electron chi connectivity index (χ3n) is 3.66. The number of benzene rings is 1. The second kappa shape index (κ2) is 4.58. The molecule has 1 aromatic carbocycles. The molecule has 3 heteroatoms. The lowest BCUT2D eigenvalue weighted by Gasteiger charge is -2.28. The van der Waals surface area contributed by atoms with Gasteiger partial charge in [0.05, 0.1) is 16.4 Å². The van der Waals surface area contributed by atoms with E-state index in [1.807, 2.05) is 6.92 Å². The molecule has 1 atom stereocenters. The number of hydrogen-bond donors (Lipinski definition) is 0. The molecule has 0 bridgehead atoms. The number of fused-ring (bicyclic) bond motifs is 1. The van der Waals surface area contributed by atoms with Crippen LogP contribution < -0.4 is 0 Å². The van der Waals surface area contributed by atoms with Crippen molar-refractivity contribution >= 4 is 22.6 Å². The highest BCUT2D eigenvalue weighted by atomic mass is 35.5. The highest BCUT2D eigenvalue weighted by Gasteiger charge is 2.26. The van der Waals surface area contributed by atoms with E-state index in [2.05, 4.69) is 50.5 Å². The largest absolute Gasteiger partial charge is 0.321 e. The molecule has 0 radical (unpaired) electrons. The lowest BCUT2D eigenvalue weighted by atomic mass is 10.0. The lowest BCUT2D eigenvalue weighted by Crippen LogP contribution is -2.27. The molecule has 2 rings (SSSR count). The molecule has 0 amide bonds. The topological polar surface area (TPSA) is 17.8 Å². The smallest absolute Gasteiger partial charge is 0.128 e. The van der Waals surface area contributed by atoms with Crippen LogP contribution in [0.1, 0.15) is 50.9 Å². The Hall–Kier alpha value is -1.02. The van der Waals surface area contributed by atoms with Crippen molar-refractivity contribution in [2.45, 2.75) is 52.0 Å². The molecule has 0 saturated carbocycles. The summed E-state index contributed by atoms with van der Waals surface area (Å²) in [5, 5.41) is -0.0801. The first-order chi connectivity index (χ1) is 8.36. The van der Waals surface area contributed by atoms with Crippen molar-refractivity contribution in [3.63, 3.8) is 0 Å². The van der Waals surface area contributed by atoms with Gasteiger partial charge in [0.2, 0.25) is 0 Å². The van der Waals surface area contributed by atoms with E-state index in [9.17, 15) is 0 Å². The highest BCUT2D eigenvalue weighted by molar-refractivity contribution is 6.20. The Morgan fingerprint density at radius 1 is 1.39 bits per heavy atom. The molecule has 0 saturated heterocycles. The van der Waals surface area contributed by atoms with Crippen LogP contribution >= 0.6 is 11.6 Å². The fourth-order valence-corrected chi connectivity index (χ4v) is 2.41. The van der Waals surface area contributed by atoms with E-state index < -0.39 is 0 Å². The van der Waals surface area contributed by atoms with Crippen LogP contribution in [0.5, 0.6) is 0 Å². The SMILES string of the molecule is CCC(C)(C)n1c(C(C)Cl)nc2ccc(C)cc21. The van der Waals surface area contributed by atoms with E-state index >= 15 is 0 Å². The minimum atomic E-state index is -0.0801. The second-order valence-electron chi connectivity index (χ2n) is 5.58. The van der Waals surface area contributed by atoms with E-state index in [1.165, 1.54) is 11.1 Å². The molecule has 0 fully saturated rings. The van der Waals surface area contributed by atoms with Crippen molar-refractivity contribution in [2.24, 2.45) is 0 Å². The van der Waals surface area contributed by atoms with Crippen molar-refractivity contribution < 1.29 is 0 Å². The minimum absolute atomic E-state index is 0.0288. The number of imidazole rings is 1. The molecule has 0 aliphatic heterocycles. The summed E-state index contributed by atoms with van der Waals surface area (Å²) in [6.07, 6.45) is 1.04. The van der Waals surface area contributed by atoms with Gasteiger partial charge in [-0.1, -0.05) is 13.0 Å². The van der Waals surface area contributed by atoms with Crippen LogP contribution in [-0.4, -0.2) is 9.55 Å². The van der Waals surface area contributed by atoms with Gasteiger partial charge in [-0.05, 0) is 51.8 Å². The maximum Gasteiger partial charge on any atom is 0.128 e. The van der Waals surface area contributed by atoms with E-state index in [0.717, 1.165) is 17.8 Å². The van der Waals surface area contributed by atoms with E-state index in [1.54, 1.807) is 0 Å². The van der Waals surface area contributed by atoms with Gasteiger partial charge >= 0.3 is 0 Å². The van der Waals surface area contributed by atoms with Gasteiger partial charge in [0.15, 0.2) is 0 Å². The molecule has 2 nitrogen and oxygen atoms in total. The Morgan fingerprint density at radius 2 is 2.06 bits per heavy atom. The van der Waals surface area contributed by atoms with Crippen molar-refractivity contribution in [1.29, 1.82) is 0 Å². The van der Waals surface area contributed by atoms with Crippen LogP contribution in [0.4, 0.5) is 0 Å². The first-order valence-electron chi connectivity index (χ1n) is 6.50. The molecular formula is C15H21ClN2. The molecule has 0 aliphatic carbocycles. The third kappa shape index (κ3) is 2.14. The number of hydrogen-bond acceptors (Lipinski definition) is 1. The average Bonchev–Trinajstić information content (AvgIpc) is 2.68. The number of halogens is 1. The third-order valence-corrected chi connectivity index (χ3v) is 3.86. The number of alkyl halides is 1. The standard InChI is InChI=1S/C15H21ClN2/c1-6-15(4,5)18-13-9-10(2)7-8-12(13)17-14(18)11(3)16/h7-9,11H,6H2,1-5H3. The molecular weight excluding hydrogens is 244 g/mol. The summed E-state index contributed by atoms with van der Waals surface area (Å²) in [6.45, 7) is 10.8. The fourth-order valence-electron chi connectivity index (χ4n) is 2.27. The quantitative estimate of drug-likeness (QED) is 0.729.